The van der Waals surface area contributed by atoms with Crippen LogP contribution in [0.15, 0.2) is 0 Å². The molecule has 0 unspecified atom stereocenters. The van der Waals surface area contributed by atoms with E-state index in [0.29, 0.717) is 6.47 Å². The Morgan fingerprint density at radius 2 is 1.75 bits per heavy atom. The molecule has 0 saturated carbocycles. The third-order valence-electron chi connectivity index (χ3n) is 0.0962. The van der Waals surface area contributed by atoms with Gasteiger partial charge in [-0.1, -0.05) is 0 Å². The monoisotopic (exact) mass is 120 g/mol. The summed E-state index contributed by atoms with van der Waals surface area (Å²) in [4.78, 5) is 8.95. The lowest BCUT2D eigenvalue weighted by molar-refractivity contribution is -0.126. The number of ether oxygens (including phenoxy) is 1. The molecule has 50 valence electrons. The summed E-state index contributed by atoms with van der Waals surface area (Å²) in [5, 5.41) is 1.50. The van der Waals surface area contributed by atoms with Gasteiger partial charge in [-0.25, -0.2) is 0 Å². The zero-order valence-electron chi connectivity index (χ0n) is 5.42. The van der Waals surface area contributed by atoms with Crippen molar-refractivity contribution < 1.29 is 9.53 Å². The minimum absolute atomic E-state index is 0.375. The molecule has 0 aliphatic heterocycles. The van der Waals surface area contributed by atoms with Crippen LogP contribution in [0, 0.1) is 0 Å². The Morgan fingerprint density at radius 1 is 1.62 bits per heavy atom. The first-order chi connectivity index (χ1) is 3.65. The van der Waals surface area contributed by atoms with E-state index in [1.807, 2.05) is 0 Å². The third-order valence-corrected chi connectivity index (χ3v) is 0.0962. The highest BCUT2D eigenvalue weighted by molar-refractivity contribution is 5.36. The van der Waals surface area contributed by atoms with E-state index in [0.717, 1.165) is 0 Å². The summed E-state index contributed by atoms with van der Waals surface area (Å²) in [7, 11) is 4.87. The molecule has 0 rings (SSSR count). The summed E-state index contributed by atoms with van der Waals surface area (Å²) in [6.07, 6.45) is 0. The van der Waals surface area contributed by atoms with E-state index in [4.69, 9.17) is 10.6 Å². The molecular formula is C4H12N2O2. The van der Waals surface area contributed by atoms with Gasteiger partial charge in [-0.15, -0.1) is 0 Å². The SMILES string of the molecule is CN(C)N.COC=O. The van der Waals surface area contributed by atoms with Crippen LogP contribution in [0.1, 0.15) is 0 Å². The minimum Gasteiger partial charge on any atom is -0.471 e. The van der Waals surface area contributed by atoms with Gasteiger partial charge in [0.25, 0.3) is 6.47 Å². The zero-order valence-corrected chi connectivity index (χ0v) is 5.42. The van der Waals surface area contributed by atoms with E-state index < -0.39 is 0 Å². The van der Waals surface area contributed by atoms with Crippen molar-refractivity contribution in [1.82, 2.24) is 5.01 Å². The van der Waals surface area contributed by atoms with Gasteiger partial charge < -0.3 is 4.74 Å². The summed E-state index contributed by atoms with van der Waals surface area (Å²) in [6, 6.07) is 0. The highest BCUT2D eigenvalue weighted by atomic mass is 16.5. The summed E-state index contributed by atoms with van der Waals surface area (Å²) in [6.45, 7) is 0.375. The number of rotatable bonds is 1. The van der Waals surface area contributed by atoms with Gasteiger partial charge in [0.1, 0.15) is 0 Å². The number of hydrogen-bond donors (Lipinski definition) is 1. The average Bonchev–Trinajstić information content (AvgIpc) is 1.65. The van der Waals surface area contributed by atoms with Crippen LogP contribution in [0.3, 0.4) is 0 Å². The van der Waals surface area contributed by atoms with Crippen molar-refractivity contribution in [3.05, 3.63) is 0 Å². The molecule has 0 bridgehead atoms. The Kier molecular flexibility index (Phi) is 12.5. The van der Waals surface area contributed by atoms with Crippen LogP contribution in [-0.4, -0.2) is 32.7 Å². The van der Waals surface area contributed by atoms with Gasteiger partial charge >= 0.3 is 0 Å². The fourth-order valence-electron chi connectivity index (χ4n) is 0. The maximum Gasteiger partial charge on any atom is 0.292 e. The van der Waals surface area contributed by atoms with E-state index in [-0.39, 0.29) is 0 Å². The number of methoxy groups -OCH3 is 1. The molecule has 0 aliphatic carbocycles. The lowest BCUT2D eigenvalue weighted by atomic mass is 11.2. The fraction of sp³-hybridized carbons (Fsp3) is 0.750. The quantitative estimate of drug-likeness (QED) is 0.280. The molecular weight excluding hydrogens is 108 g/mol. The van der Waals surface area contributed by atoms with Crippen molar-refractivity contribution in [2.45, 2.75) is 0 Å². The van der Waals surface area contributed by atoms with Gasteiger partial charge in [-0.3, -0.25) is 15.6 Å². The summed E-state index contributed by atoms with van der Waals surface area (Å²) >= 11 is 0. The topological polar surface area (TPSA) is 55.6 Å². The summed E-state index contributed by atoms with van der Waals surface area (Å²) < 4.78 is 3.86. The molecule has 0 amide bonds. The molecule has 0 aromatic heterocycles. The first kappa shape index (κ1) is 10.4. The predicted molar refractivity (Wildman–Crippen MR) is 30.9 cm³/mol. The van der Waals surface area contributed by atoms with Crippen LogP contribution >= 0.6 is 0 Å². The van der Waals surface area contributed by atoms with Crippen molar-refractivity contribution in [2.75, 3.05) is 21.2 Å². The molecule has 8 heavy (non-hydrogen) atoms. The first-order valence-corrected chi connectivity index (χ1v) is 2.03. The second kappa shape index (κ2) is 9.63. The number of carbonyl (C=O) groups excluding carboxylic acids is 1. The number of carbonyl (C=O) groups is 1. The lowest BCUT2D eigenvalue weighted by Crippen LogP contribution is -2.18. The Morgan fingerprint density at radius 3 is 1.75 bits per heavy atom. The normalized spacial score (nSPS) is 7.12. The van der Waals surface area contributed by atoms with Gasteiger partial charge in [0.05, 0.1) is 7.11 Å². The molecule has 2 N–H and O–H groups in total. The van der Waals surface area contributed by atoms with Crippen LogP contribution in [0.25, 0.3) is 0 Å². The molecule has 0 aromatic rings. The minimum atomic E-state index is 0.375. The van der Waals surface area contributed by atoms with E-state index >= 15 is 0 Å². The molecule has 0 heterocycles. The number of nitrogens with zero attached hydrogens (tertiary/aromatic N) is 1. The Balaban J connectivity index is 0. The second-order valence-corrected chi connectivity index (χ2v) is 1.30. The van der Waals surface area contributed by atoms with E-state index in [1.165, 1.54) is 12.1 Å². The molecule has 0 aromatic carbocycles. The molecule has 0 spiro atoms. The highest BCUT2D eigenvalue weighted by Crippen LogP contribution is 1.37. The lowest BCUT2D eigenvalue weighted by Gasteiger charge is -1.91. The van der Waals surface area contributed by atoms with Crippen molar-refractivity contribution in [3.63, 3.8) is 0 Å². The fourth-order valence-corrected chi connectivity index (χ4v) is 0. The Labute approximate surface area is 49.2 Å². The van der Waals surface area contributed by atoms with Crippen molar-refractivity contribution >= 4 is 6.47 Å². The smallest absolute Gasteiger partial charge is 0.292 e. The van der Waals surface area contributed by atoms with Crippen LogP contribution in [0.4, 0.5) is 0 Å². The average molecular weight is 120 g/mol. The van der Waals surface area contributed by atoms with E-state index in [1.54, 1.807) is 14.1 Å². The van der Waals surface area contributed by atoms with Gasteiger partial charge in [0.2, 0.25) is 0 Å². The molecule has 0 radical (unpaired) electrons. The van der Waals surface area contributed by atoms with E-state index in [9.17, 15) is 0 Å². The number of hydrazine groups is 1. The van der Waals surface area contributed by atoms with Crippen LogP contribution < -0.4 is 5.84 Å². The predicted octanol–water partition coefficient (Wildman–Crippen LogP) is -0.789. The molecule has 0 aliphatic rings. The van der Waals surface area contributed by atoms with Gasteiger partial charge in [0.15, 0.2) is 0 Å². The Hall–Kier alpha value is -0.610. The molecule has 0 fully saturated rings. The van der Waals surface area contributed by atoms with Gasteiger partial charge in [-0.2, -0.15) is 0 Å². The van der Waals surface area contributed by atoms with Crippen molar-refractivity contribution in [2.24, 2.45) is 5.84 Å². The largest absolute Gasteiger partial charge is 0.471 e. The second-order valence-electron chi connectivity index (χ2n) is 1.30. The molecule has 0 saturated heterocycles. The van der Waals surface area contributed by atoms with Crippen LogP contribution in [-0.2, 0) is 9.53 Å². The zero-order chi connectivity index (χ0) is 6.99. The van der Waals surface area contributed by atoms with Crippen LogP contribution in [0.2, 0.25) is 0 Å². The maximum atomic E-state index is 8.95. The maximum absolute atomic E-state index is 8.95. The highest BCUT2D eigenvalue weighted by Gasteiger charge is 1.57. The van der Waals surface area contributed by atoms with Crippen molar-refractivity contribution in [1.29, 1.82) is 0 Å². The van der Waals surface area contributed by atoms with Gasteiger partial charge in [-0.05, 0) is 0 Å². The number of nitrogens with two attached hydrogens (primary N) is 1. The Bertz CT molecular complexity index is 44.5. The summed E-state index contributed by atoms with van der Waals surface area (Å²) in [5.74, 6) is 4.94. The van der Waals surface area contributed by atoms with Crippen LogP contribution in [0.5, 0.6) is 0 Å². The molecule has 0 atom stereocenters. The van der Waals surface area contributed by atoms with Crippen molar-refractivity contribution in [3.8, 4) is 0 Å². The number of hydrogen-bond acceptors (Lipinski definition) is 4. The standard InChI is InChI=1S/C2H8N2.C2H4O2/c1-4(2)3;1-4-2-3/h3H2,1-2H3;2H,1H3. The molecule has 4 heteroatoms. The van der Waals surface area contributed by atoms with Gasteiger partial charge in [0, 0.05) is 14.1 Å². The summed E-state index contributed by atoms with van der Waals surface area (Å²) in [5.41, 5.74) is 0. The van der Waals surface area contributed by atoms with E-state index in [2.05, 4.69) is 4.74 Å². The first-order valence-electron chi connectivity index (χ1n) is 2.03. The third kappa shape index (κ3) is 683. The molecule has 4 nitrogen and oxygen atoms in total.